The van der Waals surface area contributed by atoms with E-state index in [-0.39, 0.29) is 16.2 Å². The zero-order valence-corrected chi connectivity index (χ0v) is 11.6. The Kier molecular flexibility index (Phi) is 2.43. The number of amides is 1. The molecule has 4 aliphatic carbocycles. The smallest absolute Gasteiger partial charge is 0.273 e. The molecule has 0 aliphatic heterocycles. The van der Waals surface area contributed by atoms with Crippen molar-refractivity contribution >= 4 is 17.2 Å². The van der Waals surface area contributed by atoms with E-state index >= 15 is 0 Å². The van der Waals surface area contributed by atoms with Gasteiger partial charge in [-0.25, -0.2) is 4.68 Å². The second kappa shape index (κ2) is 3.95. The molecule has 4 nitrogen and oxygen atoms in total. The maximum atomic E-state index is 12.7. The predicted molar refractivity (Wildman–Crippen MR) is 73.6 cm³/mol. The summed E-state index contributed by atoms with van der Waals surface area (Å²) in [6, 6.07) is 0. The van der Waals surface area contributed by atoms with Crippen molar-refractivity contribution in [1.82, 2.24) is 4.68 Å². The standard InChI is InChI=1S/C14H18N2O2S/c17-12(15-16-1-2-19-13(16)18)14-6-9-3-10(7-14)5-11(4-9)8-14/h1-2,9-11H,3-8H2,(H,15,17). The maximum absolute atomic E-state index is 12.7. The van der Waals surface area contributed by atoms with Crippen LogP contribution in [-0.4, -0.2) is 10.6 Å². The number of nitrogens with zero attached hydrogens (tertiary/aromatic N) is 1. The highest BCUT2D eigenvalue weighted by molar-refractivity contribution is 7.07. The Morgan fingerprint density at radius 1 is 1.21 bits per heavy atom. The van der Waals surface area contributed by atoms with Gasteiger partial charge >= 0.3 is 4.87 Å². The highest BCUT2D eigenvalue weighted by atomic mass is 32.1. The molecule has 4 bridgehead atoms. The molecule has 1 aromatic heterocycles. The van der Waals surface area contributed by atoms with E-state index in [0.717, 1.165) is 48.4 Å². The summed E-state index contributed by atoms with van der Waals surface area (Å²) in [5.41, 5.74) is 2.64. The molecule has 0 aromatic carbocycles. The molecule has 4 aliphatic rings. The SMILES string of the molecule is O=C(Nn1ccsc1=O)C12CC3CC(CC(C3)C1)C2. The molecule has 0 unspecified atom stereocenters. The molecule has 1 aromatic rings. The van der Waals surface area contributed by atoms with E-state index in [0.29, 0.717) is 0 Å². The van der Waals surface area contributed by atoms with E-state index in [2.05, 4.69) is 5.43 Å². The monoisotopic (exact) mass is 278 g/mol. The molecule has 0 radical (unpaired) electrons. The summed E-state index contributed by atoms with van der Waals surface area (Å²) in [6.07, 6.45) is 8.71. The Labute approximate surface area is 115 Å². The van der Waals surface area contributed by atoms with Crippen molar-refractivity contribution in [2.75, 3.05) is 5.43 Å². The van der Waals surface area contributed by atoms with Crippen LogP contribution in [0, 0.1) is 23.2 Å². The highest BCUT2D eigenvalue weighted by Gasteiger charge is 2.54. The molecular formula is C14H18N2O2S. The van der Waals surface area contributed by atoms with Gasteiger partial charge in [-0.15, -0.1) is 0 Å². The van der Waals surface area contributed by atoms with Crippen LogP contribution in [0.2, 0.25) is 0 Å². The van der Waals surface area contributed by atoms with E-state index < -0.39 is 0 Å². The number of carbonyl (C=O) groups is 1. The van der Waals surface area contributed by atoms with Gasteiger partial charge < -0.3 is 0 Å². The molecule has 4 fully saturated rings. The second-order valence-corrected chi connectivity index (χ2v) is 7.53. The van der Waals surface area contributed by atoms with E-state index in [1.54, 1.807) is 11.6 Å². The third kappa shape index (κ3) is 1.78. The minimum Gasteiger partial charge on any atom is -0.273 e. The van der Waals surface area contributed by atoms with Crippen molar-refractivity contribution in [3.05, 3.63) is 21.2 Å². The van der Waals surface area contributed by atoms with Crippen LogP contribution in [0.5, 0.6) is 0 Å². The van der Waals surface area contributed by atoms with Gasteiger partial charge in [0, 0.05) is 11.6 Å². The Morgan fingerprint density at radius 3 is 2.26 bits per heavy atom. The highest BCUT2D eigenvalue weighted by Crippen LogP contribution is 2.60. The Bertz CT molecular complexity index is 539. The van der Waals surface area contributed by atoms with Crippen molar-refractivity contribution in [2.45, 2.75) is 38.5 Å². The Hall–Kier alpha value is -1.10. The molecular weight excluding hydrogens is 260 g/mol. The number of hydrogen-bond acceptors (Lipinski definition) is 3. The van der Waals surface area contributed by atoms with Gasteiger partial charge in [0.2, 0.25) is 5.91 Å². The molecule has 4 saturated carbocycles. The van der Waals surface area contributed by atoms with E-state index in [9.17, 15) is 9.59 Å². The first-order valence-corrected chi connectivity index (χ1v) is 8.00. The van der Waals surface area contributed by atoms with Gasteiger partial charge in [-0.1, -0.05) is 11.3 Å². The fourth-order valence-corrected chi connectivity index (χ4v) is 5.49. The first-order valence-electron chi connectivity index (χ1n) is 7.12. The number of hydrogen-bond donors (Lipinski definition) is 1. The number of nitrogens with one attached hydrogen (secondary N) is 1. The minimum absolute atomic E-state index is 0.0760. The maximum Gasteiger partial charge on any atom is 0.325 e. The molecule has 0 saturated heterocycles. The number of carbonyl (C=O) groups excluding carboxylic acids is 1. The lowest BCUT2D eigenvalue weighted by Gasteiger charge is -2.55. The summed E-state index contributed by atoms with van der Waals surface area (Å²) >= 11 is 1.12. The molecule has 1 amide bonds. The molecule has 5 heteroatoms. The lowest BCUT2D eigenvalue weighted by atomic mass is 9.49. The van der Waals surface area contributed by atoms with Crippen molar-refractivity contribution < 1.29 is 4.79 Å². The topological polar surface area (TPSA) is 51.1 Å². The number of rotatable bonds is 2. The number of aromatic nitrogens is 1. The second-order valence-electron chi connectivity index (χ2n) is 6.68. The van der Waals surface area contributed by atoms with Crippen molar-refractivity contribution in [2.24, 2.45) is 23.2 Å². The zero-order valence-electron chi connectivity index (χ0n) is 10.8. The third-order valence-corrected chi connectivity index (χ3v) is 5.97. The molecule has 102 valence electrons. The van der Waals surface area contributed by atoms with E-state index in [1.807, 2.05) is 0 Å². The average molecular weight is 278 g/mol. The van der Waals surface area contributed by atoms with E-state index in [4.69, 9.17) is 0 Å². The van der Waals surface area contributed by atoms with Gasteiger partial charge in [0.15, 0.2) is 0 Å². The van der Waals surface area contributed by atoms with Gasteiger partial charge in [-0.3, -0.25) is 15.0 Å². The lowest BCUT2D eigenvalue weighted by molar-refractivity contribution is -0.141. The minimum atomic E-state index is -0.184. The predicted octanol–water partition coefficient (Wildman–Crippen LogP) is 2.20. The van der Waals surface area contributed by atoms with Crippen LogP contribution in [0.1, 0.15) is 38.5 Å². The van der Waals surface area contributed by atoms with Crippen molar-refractivity contribution in [3.63, 3.8) is 0 Å². The number of thiazole rings is 1. The van der Waals surface area contributed by atoms with Gasteiger partial charge in [0.25, 0.3) is 0 Å². The fourth-order valence-electron chi connectivity index (χ4n) is 4.97. The van der Waals surface area contributed by atoms with Crippen molar-refractivity contribution in [1.29, 1.82) is 0 Å². The van der Waals surface area contributed by atoms with Crippen LogP contribution in [0.3, 0.4) is 0 Å². The normalized spacial score (nSPS) is 39.5. The van der Waals surface area contributed by atoms with Crippen LogP contribution in [0.4, 0.5) is 0 Å². The molecule has 1 N–H and O–H groups in total. The third-order valence-electron chi connectivity index (χ3n) is 5.32. The summed E-state index contributed by atoms with van der Waals surface area (Å²) in [5, 5.41) is 1.71. The first-order chi connectivity index (χ1) is 9.14. The molecule has 0 atom stereocenters. The van der Waals surface area contributed by atoms with Crippen molar-refractivity contribution in [3.8, 4) is 0 Å². The van der Waals surface area contributed by atoms with Crippen LogP contribution in [0.25, 0.3) is 0 Å². The molecule has 5 rings (SSSR count). The zero-order chi connectivity index (χ0) is 13.0. The largest absolute Gasteiger partial charge is 0.325 e. The van der Waals surface area contributed by atoms with E-state index in [1.165, 1.54) is 23.9 Å². The molecule has 19 heavy (non-hydrogen) atoms. The van der Waals surface area contributed by atoms with Crippen LogP contribution in [0.15, 0.2) is 16.4 Å². The fraction of sp³-hybridized carbons (Fsp3) is 0.714. The van der Waals surface area contributed by atoms with Crippen LogP contribution >= 0.6 is 11.3 Å². The Morgan fingerprint density at radius 2 is 1.79 bits per heavy atom. The van der Waals surface area contributed by atoms with Crippen LogP contribution < -0.4 is 10.3 Å². The summed E-state index contributed by atoms with van der Waals surface area (Å²) in [4.78, 5) is 24.1. The average Bonchev–Trinajstić information content (AvgIpc) is 2.73. The van der Waals surface area contributed by atoms with Gasteiger partial charge in [-0.2, -0.15) is 0 Å². The van der Waals surface area contributed by atoms with Gasteiger partial charge in [0.1, 0.15) is 0 Å². The summed E-state index contributed by atoms with van der Waals surface area (Å²) in [7, 11) is 0. The van der Waals surface area contributed by atoms with Crippen LogP contribution in [-0.2, 0) is 4.79 Å². The van der Waals surface area contributed by atoms with Gasteiger partial charge in [-0.05, 0) is 56.3 Å². The molecule has 0 spiro atoms. The molecule has 1 heterocycles. The Balaban J connectivity index is 1.60. The summed E-state index contributed by atoms with van der Waals surface area (Å²) in [6.45, 7) is 0. The lowest BCUT2D eigenvalue weighted by Crippen LogP contribution is -2.53. The quantitative estimate of drug-likeness (QED) is 0.901. The summed E-state index contributed by atoms with van der Waals surface area (Å²) < 4.78 is 1.34. The first kappa shape index (κ1) is 11.7. The van der Waals surface area contributed by atoms with Gasteiger partial charge in [0.05, 0.1) is 5.41 Å². The summed E-state index contributed by atoms with van der Waals surface area (Å²) in [5.74, 6) is 2.32.